The van der Waals surface area contributed by atoms with E-state index in [1.807, 2.05) is 0 Å². The molecule has 1 rings (SSSR count). The van der Waals surface area contributed by atoms with Gasteiger partial charge in [0.25, 0.3) is 5.91 Å². The highest BCUT2D eigenvalue weighted by atomic mass is 19.3. The van der Waals surface area contributed by atoms with E-state index in [1.165, 1.54) is 12.1 Å². The van der Waals surface area contributed by atoms with E-state index in [1.54, 1.807) is 13.0 Å². The number of carbonyl (C=O) groups is 2. The standard InChI is InChI=1S/C16H21F2NO4/c1-2-23-13-9-6-5-8-12(13)16(17,18)15(22)19-11-7-3-4-10-14(20)21/h5-6,8-9H,2-4,7,10-11H2,1H3,(H,19,22)(H,20,21). The van der Waals surface area contributed by atoms with Crippen molar-refractivity contribution in [2.45, 2.75) is 38.5 Å². The third kappa shape index (κ3) is 5.84. The average Bonchev–Trinajstić information content (AvgIpc) is 2.51. The molecule has 0 saturated heterocycles. The zero-order valence-electron chi connectivity index (χ0n) is 13.0. The van der Waals surface area contributed by atoms with Gasteiger partial charge in [0.1, 0.15) is 5.75 Å². The number of amides is 1. The number of hydrogen-bond donors (Lipinski definition) is 2. The van der Waals surface area contributed by atoms with Crippen LogP contribution in [-0.2, 0) is 15.5 Å². The number of unbranched alkanes of at least 4 members (excludes halogenated alkanes) is 2. The van der Waals surface area contributed by atoms with Crippen LogP contribution in [0.3, 0.4) is 0 Å². The molecule has 1 aromatic rings. The summed E-state index contributed by atoms with van der Waals surface area (Å²) in [5, 5.41) is 10.7. The first-order valence-corrected chi connectivity index (χ1v) is 7.49. The van der Waals surface area contributed by atoms with Gasteiger partial charge in [-0.15, -0.1) is 0 Å². The van der Waals surface area contributed by atoms with E-state index >= 15 is 0 Å². The maximum absolute atomic E-state index is 14.2. The molecule has 0 aromatic heterocycles. The van der Waals surface area contributed by atoms with Crippen LogP contribution in [-0.4, -0.2) is 30.1 Å². The average molecular weight is 329 g/mol. The Morgan fingerprint density at radius 2 is 1.91 bits per heavy atom. The van der Waals surface area contributed by atoms with Crippen LogP contribution in [0.5, 0.6) is 5.75 Å². The fourth-order valence-electron chi connectivity index (χ4n) is 2.02. The van der Waals surface area contributed by atoms with Crippen LogP contribution in [0, 0.1) is 0 Å². The fraction of sp³-hybridized carbons (Fsp3) is 0.500. The van der Waals surface area contributed by atoms with Gasteiger partial charge in [0.15, 0.2) is 0 Å². The topological polar surface area (TPSA) is 75.6 Å². The van der Waals surface area contributed by atoms with Gasteiger partial charge in [0, 0.05) is 13.0 Å². The molecule has 0 radical (unpaired) electrons. The number of carboxylic acids is 1. The van der Waals surface area contributed by atoms with Crippen molar-refractivity contribution in [3.8, 4) is 5.75 Å². The van der Waals surface area contributed by atoms with Crippen LogP contribution in [0.4, 0.5) is 8.78 Å². The normalized spacial score (nSPS) is 11.1. The summed E-state index contributed by atoms with van der Waals surface area (Å²) >= 11 is 0. The first-order valence-electron chi connectivity index (χ1n) is 7.49. The van der Waals surface area contributed by atoms with Gasteiger partial charge in [-0.3, -0.25) is 9.59 Å². The van der Waals surface area contributed by atoms with Crippen LogP contribution in [0.25, 0.3) is 0 Å². The highest BCUT2D eigenvalue weighted by Crippen LogP contribution is 2.35. The van der Waals surface area contributed by atoms with Gasteiger partial charge in [0.05, 0.1) is 12.2 Å². The number of hydrogen-bond acceptors (Lipinski definition) is 3. The molecule has 1 aromatic carbocycles. The van der Waals surface area contributed by atoms with Gasteiger partial charge >= 0.3 is 11.9 Å². The van der Waals surface area contributed by atoms with E-state index < -0.39 is 23.4 Å². The van der Waals surface area contributed by atoms with Gasteiger partial charge in [0.2, 0.25) is 0 Å². The smallest absolute Gasteiger partial charge is 0.353 e. The number of carbonyl (C=O) groups excluding carboxylic acids is 1. The number of rotatable bonds is 10. The van der Waals surface area contributed by atoms with E-state index in [4.69, 9.17) is 9.84 Å². The number of alkyl halides is 2. The van der Waals surface area contributed by atoms with Crippen molar-refractivity contribution in [3.63, 3.8) is 0 Å². The van der Waals surface area contributed by atoms with Gasteiger partial charge in [-0.05, 0) is 31.9 Å². The van der Waals surface area contributed by atoms with E-state index in [0.29, 0.717) is 19.3 Å². The number of aliphatic carboxylic acids is 1. The lowest BCUT2D eigenvalue weighted by atomic mass is 10.1. The Balaban J connectivity index is 2.55. The minimum absolute atomic E-state index is 0.0170. The van der Waals surface area contributed by atoms with Crippen molar-refractivity contribution in [1.29, 1.82) is 0 Å². The van der Waals surface area contributed by atoms with E-state index in [-0.39, 0.29) is 25.3 Å². The van der Waals surface area contributed by atoms with E-state index in [9.17, 15) is 18.4 Å². The Labute approximate surface area is 133 Å². The molecule has 23 heavy (non-hydrogen) atoms. The number of benzene rings is 1. The van der Waals surface area contributed by atoms with Crippen LogP contribution in [0.15, 0.2) is 24.3 Å². The van der Waals surface area contributed by atoms with Gasteiger partial charge in [-0.25, -0.2) is 0 Å². The Kier molecular flexibility index (Phi) is 7.44. The number of carboxylic acid groups (broad SMARTS) is 1. The summed E-state index contributed by atoms with van der Waals surface area (Å²) in [7, 11) is 0. The van der Waals surface area contributed by atoms with Crippen LogP contribution >= 0.6 is 0 Å². The van der Waals surface area contributed by atoms with Crippen molar-refractivity contribution >= 4 is 11.9 Å². The molecule has 0 fully saturated rings. The van der Waals surface area contributed by atoms with Crippen molar-refractivity contribution in [2.24, 2.45) is 0 Å². The van der Waals surface area contributed by atoms with Gasteiger partial charge < -0.3 is 15.2 Å². The number of para-hydroxylation sites is 1. The Morgan fingerprint density at radius 3 is 2.57 bits per heavy atom. The highest BCUT2D eigenvalue weighted by Gasteiger charge is 2.42. The molecule has 0 bridgehead atoms. The largest absolute Gasteiger partial charge is 0.493 e. The lowest BCUT2D eigenvalue weighted by Gasteiger charge is -2.19. The molecule has 2 N–H and O–H groups in total. The summed E-state index contributed by atoms with van der Waals surface area (Å²) in [4.78, 5) is 22.1. The van der Waals surface area contributed by atoms with Crippen molar-refractivity contribution in [2.75, 3.05) is 13.2 Å². The number of ether oxygens (including phenoxy) is 1. The summed E-state index contributed by atoms with van der Waals surface area (Å²) in [6, 6.07) is 5.54. The van der Waals surface area contributed by atoms with E-state index in [0.717, 1.165) is 6.07 Å². The lowest BCUT2D eigenvalue weighted by Crippen LogP contribution is -2.38. The first-order chi connectivity index (χ1) is 10.9. The Morgan fingerprint density at radius 1 is 1.22 bits per heavy atom. The molecule has 7 heteroatoms. The number of halogens is 2. The van der Waals surface area contributed by atoms with Gasteiger partial charge in [-0.2, -0.15) is 8.78 Å². The van der Waals surface area contributed by atoms with Crippen LogP contribution in [0.2, 0.25) is 0 Å². The Bertz CT molecular complexity index is 535. The highest BCUT2D eigenvalue weighted by molar-refractivity contribution is 5.85. The molecule has 0 aliphatic carbocycles. The molecular formula is C16H21F2NO4. The van der Waals surface area contributed by atoms with Crippen molar-refractivity contribution < 1.29 is 28.2 Å². The second kappa shape index (κ2) is 9.07. The molecule has 128 valence electrons. The first kappa shape index (κ1) is 18.9. The molecule has 0 aliphatic heterocycles. The molecule has 1 amide bonds. The predicted molar refractivity (Wildman–Crippen MR) is 80.6 cm³/mol. The zero-order chi connectivity index (χ0) is 17.3. The molecule has 0 aliphatic rings. The summed E-state index contributed by atoms with van der Waals surface area (Å²) in [6.45, 7) is 1.97. The second-order valence-electron chi connectivity index (χ2n) is 4.96. The van der Waals surface area contributed by atoms with Crippen molar-refractivity contribution in [3.05, 3.63) is 29.8 Å². The molecule has 0 saturated carbocycles. The molecule has 0 unspecified atom stereocenters. The third-order valence-corrected chi connectivity index (χ3v) is 3.16. The maximum atomic E-state index is 14.2. The van der Waals surface area contributed by atoms with Crippen molar-refractivity contribution in [1.82, 2.24) is 5.32 Å². The quantitative estimate of drug-likeness (QED) is 0.647. The SMILES string of the molecule is CCOc1ccccc1C(F)(F)C(=O)NCCCCCC(=O)O. The summed E-state index contributed by atoms with van der Waals surface area (Å²) in [6.07, 6.45) is 1.48. The Hall–Kier alpha value is -2.18. The third-order valence-electron chi connectivity index (χ3n) is 3.16. The monoisotopic (exact) mass is 329 g/mol. The van der Waals surface area contributed by atoms with Crippen LogP contribution < -0.4 is 10.1 Å². The molecule has 0 atom stereocenters. The molecule has 0 heterocycles. The fourth-order valence-corrected chi connectivity index (χ4v) is 2.02. The van der Waals surface area contributed by atoms with E-state index in [2.05, 4.69) is 5.32 Å². The minimum Gasteiger partial charge on any atom is -0.493 e. The minimum atomic E-state index is -3.69. The maximum Gasteiger partial charge on any atom is 0.353 e. The number of nitrogens with one attached hydrogen (secondary N) is 1. The summed E-state index contributed by atoms with van der Waals surface area (Å²) < 4.78 is 33.6. The molecular weight excluding hydrogens is 308 g/mol. The summed E-state index contributed by atoms with van der Waals surface area (Å²) in [5.74, 6) is -5.99. The lowest BCUT2D eigenvalue weighted by molar-refractivity contribution is -0.147. The molecule has 5 nitrogen and oxygen atoms in total. The summed E-state index contributed by atoms with van der Waals surface area (Å²) in [5.41, 5.74) is -0.467. The van der Waals surface area contributed by atoms with Crippen LogP contribution in [0.1, 0.15) is 38.2 Å². The molecule has 0 spiro atoms. The second-order valence-corrected chi connectivity index (χ2v) is 4.96. The predicted octanol–water partition coefficient (Wildman–Crippen LogP) is 2.94. The van der Waals surface area contributed by atoms with Gasteiger partial charge in [-0.1, -0.05) is 18.6 Å². The zero-order valence-corrected chi connectivity index (χ0v) is 13.0.